The monoisotopic (exact) mass is 245 g/mol. The number of ether oxygens (including phenoxy) is 1. The lowest BCUT2D eigenvalue weighted by Gasteiger charge is -2.20. The molecule has 0 aliphatic heterocycles. The highest BCUT2D eigenvalue weighted by atomic mass is 16.5. The van der Waals surface area contributed by atoms with Gasteiger partial charge in [0.25, 0.3) is 0 Å². The molecule has 0 aliphatic rings. The Bertz CT molecular complexity index is 211. The van der Waals surface area contributed by atoms with Crippen LogP contribution in [0.15, 0.2) is 0 Å². The second kappa shape index (κ2) is 7.83. The average Bonchev–Trinajstić information content (AvgIpc) is 2.07. The van der Waals surface area contributed by atoms with Gasteiger partial charge in [0.2, 0.25) is 0 Å². The van der Waals surface area contributed by atoms with Crippen molar-refractivity contribution in [1.29, 1.82) is 0 Å². The lowest BCUT2D eigenvalue weighted by Crippen LogP contribution is -2.38. The van der Waals surface area contributed by atoms with Gasteiger partial charge in [-0.05, 0) is 20.8 Å². The van der Waals surface area contributed by atoms with Gasteiger partial charge in [0.1, 0.15) is 5.78 Å². The van der Waals surface area contributed by atoms with Gasteiger partial charge in [-0.2, -0.15) is 0 Å². The molecule has 0 radical (unpaired) electrons. The summed E-state index contributed by atoms with van der Waals surface area (Å²) in [5, 5.41) is 3.33. The molecule has 0 aromatic rings. The topological polar surface area (TPSA) is 38.3 Å². The Balaban J connectivity index is 0. The van der Waals surface area contributed by atoms with Crippen LogP contribution >= 0.6 is 0 Å². The Morgan fingerprint density at radius 1 is 1.06 bits per heavy atom. The molecule has 0 saturated heterocycles. The Morgan fingerprint density at radius 2 is 1.59 bits per heavy atom. The molecule has 0 aliphatic carbocycles. The summed E-state index contributed by atoms with van der Waals surface area (Å²) >= 11 is 0. The van der Waals surface area contributed by atoms with Crippen LogP contribution in [0.5, 0.6) is 0 Å². The van der Waals surface area contributed by atoms with Gasteiger partial charge >= 0.3 is 0 Å². The second-order valence-electron chi connectivity index (χ2n) is 6.21. The van der Waals surface area contributed by atoms with Crippen molar-refractivity contribution >= 4 is 5.78 Å². The smallest absolute Gasteiger partial charge is 0.140 e. The van der Waals surface area contributed by atoms with Crippen molar-refractivity contribution in [3.8, 4) is 0 Å². The van der Waals surface area contributed by atoms with Gasteiger partial charge in [0.05, 0.1) is 13.2 Å². The number of hydrogen-bond donors (Lipinski definition) is 1. The number of Topliss-reactive ketones (excluding diaryl/α,β-unsaturated/α-hetero) is 1. The summed E-state index contributed by atoms with van der Waals surface area (Å²) in [6, 6.07) is 0. The Morgan fingerprint density at radius 3 is 2.00 bits per heavy atom. The van der Waals surface area contributed by atoms with Crippen LogP contribution in [0.2, 0.25) is 0 Å². The van der Waals surface area contributed by atoms with Crippen molar-refractivity contribution in [3.05, 3.63) is 0 Å². The van der Waals surface area contributed by atoms with Crippen LogP contribution < -0.4 is 5.32 Å². The molecule has 0 saturated carbocycles. The van der Waals surface area contributed by atoms with Crippen LogP contribution in [-0.2, 0) is 9.53 Å². The van der Waals surface area contributed by atoms with Crippen molar-refractivity contribution in [2.45, 2.75) is 60.9 Å². The van der Waals surface area contributed by atoms with E-state index >= 15 is 0 Å². The maximum Gasteiger partial charge on any atom is 0.140 e. The molecule has 3 heteroatoms. The van der Waals surface area contributed by atoms with Gasteiger partial charge < -0.3 is 10.1 Å². The number of nitrogens with one attached hydrogen (secondary N) is 1. The number of carbonyl (C=O) groups excluding carboxylic acids is 1. The van der Waals surface area contributed by atoms with Crippen molar-refractivity contribution in [1.82, 2.24) is 5.32 Å². The largest absolute Gasteiger partial charge is 0.380 e. The molecule has 0 unspecified atom stereocenters. The molecule has 0 fully saturated rings. The van der Waals surface area contributed by atoms with Gasteiger partial charge in [-0.1, -0.05) is 28.2 Å². The van der Waals surface area contributed by atoms with Crippen LogP contribution in [0, 0.1) is 5.41 Å². The fourth-order valence-electron chi connectivity index (χ4n) is 1.14. The van der Waals surface area contributed by atoms with Gasteiger partial charge in [-0.3, -0.25) is 4.79 Å². The first-order valence-corrected chi connectivity index (χ1v) is 5.99. The first kappa shape index (κ1) is 18.9. The van der Waals surface area contributed by atoms with Crippen LogP contribution in [-0.4, -0.2) is 31.1 Å². The zero-order valence-corrected chi connectivity index (χ0v) is 11.6. The van der Waals surface area contributed by atoms with Gasteiger partial charge in [0, 0.05) is 23.9 Å². The predicted molar refractivity (Wildman–Crippen MR) is 74.4 cm³/mol. The third kappa shape index (κ3) is 11.8. The van der Waals surface area contributed by atoms with E-state index in [9.17, 15) is 4.79 Å². The summed E-state index contributed by atoms with van der Waals surface area (Å²) < 4.78 is 5.41. The predicted octanol–water partition coefficient (Wildman–Crippen LogP) is 3.03. The molecule has 1 N–H and O–H groups in total. The molecular weight excluding hydrogens is 214 g/mol. The Hall–Kier alpha value is -0.410. The summed E-state index contributed by atoms with van der Waals surface area (Å²) in [4.78, 5) is 11.6. The van der Waals surface area contributed by atoms with Crippen molar-refractivity contribution < 1.29 is 9.53 Å². The molecule has 0 heterocycles. The molecule has 0 rings (SSSR count). The standard InChI is InChI=1S/C13H27NO2.CH4/c1-12(2,3)11(15)7-9-16-10-8-14-13(4,5)6;/h14H,7-10H2,1-6H3;1H4. The lowest BCUT2D eigenvalue weighted by molar-refractivity contribution is -0.127. The fourth-order valence-corrected chi connectivity index (χ4v) is 1.14. The normalized spacial score (nSPS) is 12.1. The first-order valence-electron chi connectivity index (χ1n) is 5.99. The van der Waals surface area contributed by atoms with E-state index < -0.39 is 0 Å². The summed E-state index contributed by atoms with van der Waals surface area (Å²) in [6.45, 7) is 14.2. The second-order valence-corrected chi connectivity index (χ2v) is 6.21. The minimum absolute atomic E-state index is 0. The maximum absolute atomic E-state index is 11.6. The fraction of sp³-hybridized carbons (Fsp3) is 0.929. The number of carbonyl (C=O) groups is 1. The van der Waals surface area contributed by atoms with Gasteiger partial charge in [-0.15, -0.1) is 0 Å². The van der Waals surface area contributed by atoms with Crippen LogP contribution in [0.3, 0.4) is 0 Å². The maximum atomic E-state index is 11.6. The van der Waals surface area contributed by atoms with E-state index in [1.54, 1.807) is 0 Å². The Kier molecular flexibility index (Phi) is 8.72. The third-order valence-electron chi connectivity index (χ3n) is 2.21. The van der Waals surface area contributed by atoms with E-state index in [-0.39, 0.29) is 24.2 Å². The quantitative estimate of drug-likeness (QED) is 0.731. The number of rotatable bonds is 6. The minimum atomic E-state index is -0.243. The summed E-state index contributed by atoms with van der Waals surface area (Å²) in [5.41, 5.74) is -0.113. The van der Waals surface area contributed by atoms with Crippen LogP contribution in [0.25, 0.3) is 0 Å². The molecule has 0 spiro atoms. The van der Waals surface area contributed by atoms with Crippen molar-refractivity contribution in [2.24, 2.45) is 5.41 Å². The highest BCUT2D eigenvalue weighted by Crippen LogP contribution is 2.16. The zero-order valence-electron chi connectivity index (χ0n) is 11.6. The average molecular weight is 245 g/mol. The van der Waals surface area contributed by atoms with Crippen LogP contribution in [0.4, 0.5) is 0 Å². The van der Waals surface area contributed by atoms with Crippen molar-refractivity contribution in [3.63, 3.8) is 0 Å². The van der Waals surface area contributed by atoms with E-state index in [2.05, 4.69) is 26.1 Å². The molecule has 104 valence electrons. The third-order valence-corrected chi connectivity index (χ3v) is 2.21. The highest BCUT2D eigenvalue weighted by molar-refractivity contribution is 5.83. The molecule has 0 aromatic heterocycles. The number of ketones is 1. The van der Waals surface area contributed by atoms with E-state index in [0.29, 0.717) is 19.6 Å². The molecule has 3 nitrogen and oxygen atoms in total. The lowest BCUT2D eigenvalue weighted by atomic mass is 9.89. The molecular formula is C14H31NO2. The van der Waals surface area contributed by atoms with E-state index in [0.717, 1.165) is 6.54 Å². The van der Waals surface area contributed by atoms with E-state index in [1.807, 2.05) is 20.8 Å². The summed E-state index contributed by atoms with van der Waals surface area (Å²) in [7, 11) is 0. The number of hydrogen-bond acceptors (Lipinski definition) is 3. The van der Waals surface area contributed by atoms with Crippen molar-refractivity contribution in [2.75, 3.05) is 19.8 Å². The molecule has 0 aromatic carbocycles. The zero-order chi connectivity index (χ0) is 12.8. The minimum Gasteiger partial charge on any atom is -0.380 e. The highest BCUT2D eigenvalue weighted by Gasteiger charge is 2.20. The van der Waals surface area contributed by atoms with Gasteiger partial charge in [0.15, 0.2) is 0 Å². The van der Waals surface area contributed by atoms with Gasteiger partial charge in [-0.25, -0.2) is 0 Å². The van der Waals surface area contributed by atoms with Crippen LogP contribution in [0.1, 0.15) is 55.4 Å². The Labute approximate surface area is 107 Å². The summed E-state index contributed by atoms with van der Waals surface area (Å²) in [6.07, 6.45) is 0.513. The molecule has 17 heavy (non-hydrogen) atoms. The van der Waals surface area contributed by atoms with E-state index in [1.165, 1.54) is 0 Å². The molecule has 0 amide bonds. The molecule has 0 bridgehead atoms. The first-order chi connectivity index (χ1) is 7.13. The van der Waals surface area contributed by atoms with E-state index in [4.69, 9.17) is 4.74 Å². The summed E-state index contributed by atoms with van der Waals surface area (Å²) in [5.74, 6) is 0.260. The molecule has 0 atom stereocenters. The SMILES string of the molecule is C.CC(C)(C)NCCOCCC(=O)C(C)(C)C.